The molecule has 2 saturated heterocycles. The molecule has 0 radical (unpaired) electrons. The van der Waals surface area contributed by atoms with Gasteiger partial charge in [0.15, 0.2) is 0 Å². The van der Waals surface area contributed by atoms with Crippen LogP contribution in [0, 0.1) is 23.2 Å². The van der Waals surface area contributed by atoms with Gasteiger partial charge < -0.3 is 4.90 Å². The van der Waals surface area contributed by atoms with Gasteiger partial charge in [0.05, 0.1) is 6.07 Å². The van der Waals surface area contributed by atoms with Crippen molar-refractivity contribution in [2.24, 2.45) is 11.8 Å². The molecular weight excluding hydrogens is 214 g/mol. The summed E-state index contributed by atoms with van der Waals surface area (Å²) in [7, 11) is 0. The van der Waals surface area contributed by atoms with Gasteiger partial charge in [-0.1, -0.05) is 13.8 Å². The Kier molecular flexibility index (Phi) is 3.68. The fourth-order valence-corrected chi connectivity index (χ4v) is 2.88. The summed E-state index contributed by atoms with van der Waals surface area (Å²) in [6, 6.07) is 2.69. The van der Waals surface area contributed by atoms with Gasteiger partial charge in [0.25, 0.3) is 0 Å². The molecule has 2 fully saturated rings. The number of fused-ring (bicyclic) bond motifs is 1. The van der Waals surface area contributed by atoms with Crippen LogP contribution in [0.25, 0.3) is 0 Å². The highest BCUT2D eigenvalue weighted by atomic mass is 16.2. The van der Waals surface area contributed by atoms with Crippen molar-refractivity contribution in [3.8, 4) is 6.07 Å². The van der Waals surface area contributed by atoms with Gasteiger partial charge in [-0.25, -0.2) is 0 Å². The summed E-state index contributed by atoms with van der Waals surface area (Å²) < 4.78 is 0. The minimum atomic E-state index is -0.469. The van der Waals surface area contributed by atoms with Crippen molar-refractivity contribution in [3.63, 3.8) is 0 Å². The molecule has 94 valence electrons. The van der Waals surface area contributed by atoms with Gasteiger partial charge in [-0.15, -0.1) is 0 Å². The lowest BCUT2D eigenvalue weighted by Crippen LogP contribution is -2.53. The van der Waals surface area contributed by atoms with E-state index in [1.807, 2.05) is 18.7 Å². The average molecular weight is 235 g/mol. The molecule has 2 aliphatic rings. The summed E-state index contributed by atoms with van der Waals surface area (Å²) in [6.07, 6.45) is 2.45. The third kappa shape index (κ3) is 2.44. The summed E-state index contributed by atoms with van der Waals surface area (Å²) in [5.74, 6) is -0.328. The minimum Gasteiger partial charge on any atom is -0.339 e. The molecule has 4 heteroatoms. The molecule has 0 aliphatic carbocycles. The molecule has 0 aromatic heterocycles. The molecular formula is C13H21N3O. The molecule has 0 aromatic rings. The van der Waals surface area contributed by atoms with Crippen molar-refractivity contribution in [2.45, 2.75) is 32.7 Å². The molecule has 2 aliphatic heterocycles. The average Bonchev–Trinajstić information content (AvgIpc) is 2.75. The third-order valence-electron chi connectivity index (χ3n) is 3.97. The maximum Gasteiger partial charge on any atom is 0.240 e. The van der Waals surface area contributed by atoms with Crippen LogP contribution in [0.5, 0.6) is 0 Å². The molecule has 0 bridgehead atoms. The molecule has 17 heavy (non-hydrogen) atoms. The van der Waals surface area contributed by atoms with Crippen molar-refractivity contribution in [3.05, 3.63) is 0 Å². The molecule has 4 nitrogen and oxygen atoms in total. The molecule has 0 aromatic carbocycles. The first kappa shape index (κ1) is 12.4. The number of hydrogen-bond donors (Lipinski definition) is 0. The smallest absolute Gasteiger partial charge is 0.240 e. The molecule has 2 rings (SSSR count). The molecule has 2 atom stereocenters. The SMILES string of the molecule is CC(C)C(C#N)C(=O)N1CCN2CCCC2C1. The van der Waals surface area contributed by atoms with Crippen LogP contribution in [0.4, 0.5) is 0 Å². The van der Waals surface area contributed by atoms with Crippen molar-refractivity contribution < 1.29 is 4.79 Å². The summed E-state index contributed by atoms with van der Waals surface area (Å²) in [4.78, 5) is 16.6. The lowest BCUT2D eigenvalue weighted by Gasteiger charge is -2.38. The van der Waals surface area contributed by atoms with Crippen molar-refractivity contribution in [1.82, 2.24) is 9.80 Å². The number of piperazine rings is 1. The van der Waals surface area contributed by atoms with Crippen LogP contribution in [0.3, 0.4) is 0 Å². The topological polar surface area (TPSA) is 47.3 Å². The predicted molar refractivity (Wildman–Crippen MR) is 65.1 cm³/mol. The Hall–Kier alpha value is -1.08. The largest absolute Gasteiger partial charge is 0.339 e. The standard InChI is InChI=1S/C13H21N3O/c1-10(2)12(8-14)13(17)16-7-6-15-5-3-4-11(15)9-16/h10-12H,3-7,9H2,1-2H3. The number of hydrogen-bond acceptors (Lipinski definition) is 3. The summed E-state index contributed by atoms with van der Waals surface area (Å²) in [5.41, 5.74) is 0. The van der Waals surface area contributed by atoms with Crippen molar-refractivity contribution >= 4 is 5.91 Å². The number of amides is 1. The van der Waals surface area contributed by atoms with Crippen LogP contribution in [-0.2, 0) is 4.79 Å². The number of nitriles is 1. The maximum absolute atomic E-state index is 12.2. The second-order valence-electron chi connectivity index (χ2n) is 5.47. The Morgan fingerprint density at radius 1 is 1.35 bits per heavy atom. The van der Waals surface area contributed by atoms with Crippen LogP contribution in [-0.4, -0.2) is 47.9 Å². The van der Waals surface area contributed by atoms with Gasteiger partial charge >= 0.3 is 0 Å². The lowest BCUT2D eigenvalue weighted by molar-refractivity contribution is -0.137. The van der Waals surface area contributed by atoms with Gasteiger partial charge in [0, 0.05) is 25.7 Å². The Bertz CT molecular complexity index is 334. The number of carbonyl (C=O) groups excluding carboxylic acids is 1. The number of carbonyl (C=O) groups is 1. The third-order valence-corrected chi connectivity index (χ3v) is 3.97. The second kappa shape index (κ2) is 5.05. The zero-order valence-corrected chi connectivity index (χ0v) is 10.7. The van der Waals surface area contributed by atoms with E-state index in [9.17, 15) is 4.79 Å². The van der Waals surface area contributed by atoms with E-state index in [1.165, 1.54) is 19.4 Å². The van der Waals surface area contributed by atoms with E-state index >= 15 is 0 Å². The Morgan fingerprint density at radius 3 is 2.76 bits per heavy atom. The van der Waals surface area contributed by atoms with Crippen LogP contribution in [0.1, 0.15) is 26.7 Å². The van der Waals surface area contributed by atoms with Gasteiger partial charge in [-0.05, 0) is 25.3 Å². The highest BCUT2D eigenvalue weighted by Gasteiger charge is 2.35. The van der Waals surface area contributed by atoms with E-state index in [4.69, 9.17) is 5.26 Å². The van der Waals surface area contributed by atoms with Gasteiger partial charge in [-0.2, -0.15) is 5.26 Å². The van der Waals surface area contributed by atoms with Crippen LogP contribution >= 0.6 is 0 Å². The molecule has 0 spiro atoms. The normalized spacial score (nSPS) is 26.7. The molecule has 0 saturated carbocycles. The first-order valence-corrected chi connectivity index (χ1v) is 6.56. The second-order valence-corrected chi connectivity index (χ2v) is 5.47. The fraction of sp³-hybridized carbons (Fsp3) is 0.846. The Balaban J connectivity index is 1.99. The van der Waals surface area contributed by atoms with E-state index in [2.05, 4.69) is 11.0 Å². The Labute approximate surface area is 103 Å². The summed E-state index contributed by atoms with van der Waals surface area (Å²) >= 11 is 0. The number of nitrogens with zero attached hydrogens (tertiary/aromatic N) is 3. The molecule has 2 heterocycles. The summed E-state index contributed by atoms with van der Waals surface area (Å²) in [6.45, 7) is 7.66. The van der Waals surface area contributed by atoms with E-state index < -0.39 is 5.92 Å². The highest BCUT2D eigenvalue weighted by Crippen LogP contribution is 2.23. The van der Waals surface area contributed by atoms with Gasteiger partial charge in [-0.3, -0.25) is 9.69 Å². The van der Waals surface area contributed by atoms with E-state index in [0.717, 1.165) is 19.6 Å². The lowest BCUT2D eigenvalue weighted by atomic mass is 9.95. The quantitative estimate of drug-likeness (QED) is 0.720. The van der Waals surface area contributed by atoms with Crippen LogP contribution < -0.4 is 0 Å². The fourth-order valence-electron chi connectivity index (χ4n) is 2.88. The highest BCUT2D eigenvalue weighted by molar-refractivity contribution is 5.81. The zero-order valence-electron chi connectivity index (χ0n) is 10.7. The van der Waals surface area contributed by atoms with Gasteiger partial charge in [0.2, 0.25) is 5.91 Å². The minimum absolute atomic E-state index is 0.0362. The number of rotatable bonds is 2. The maximum atomic E-state index is 12.2. The molecule has 1 amide bonds. The monoisotopic (exact) mass is 235 g/mol. The molecule has 2 unspecified atom stereocenters. The van der Waals surface area contributed by atoms with E-state index in [0.29, 0.717) is 6.04 Å². The first-order chi connectivity index (χ1) is 8.13. The molecule has 0 N–H and O–H groups in total. The zero-order chi connectivity index (χ0) is 12.4. The van der Waals surface area contributed by atoms with E-state index in [1.54, 1.807) is 0 Å². The van der Waals surface area contributed by atoms with Crippen LogP contribution in [0.2, 0.25) is 0 Å². The van der Waals surface area contributed by atoms with Gasteiger partial charge in [0.1, 0.15) is 5.92 Å². The van der Waals surface area contributed by atoms with E-state index in [-0.39, 0.29) is 11.8 Å². The van der Waals surface area contributed by atoms with Crippen LogP contribution in [0.15, 0.2) is 0 Å². The first-order valence-electron chi connectivity index (χ1n) is 6.56. The predicted octanol–water partition coefficient (Wildman–Crippen LogP) is 1.09. The summed E-state index contributed by atoms with van der Waals surface area (Å²) in [5, 5.41) is 9.08. The van der Waals surface area contributed by atoms with Crippen molar-refractivity contribution in [1.29, 1.82) is 5.26 Å². The van der Waals surface area contributed by atoms with Crippen molar-refractivity contribution in [2.75, 3.05) is 26.2 Å². The Morgan fingerprint density at radius 2 is 2.12 bits per heavy atom.